The van der Waals surface area contributed by atoms with Crippen molar-refractivity contribution in [1.82, 2.24) is 10.2 Å². The number of sulfonamides is 1. The summed E-state index contributed by atoms with van der Waals surface area (Å²) in [4.78, 5) is 29.9. The van der Waals surface area contributed by atoms with Gasteiger partial charge in [0.1, 0.15) is 18.3 Å². The third kappa shape index (κ3) is 9.50. The van der Waals surface area contributed by atoms with Gasteiger partial charge in [-0.05, 0) is 66.4 Å². The van der Waals surface area contributed by atoms with Crippen LogP contribution in [0.25, 0.3) is 0 Å². The van der Waals surface area contributed by atoms with Gasteiger partial charge in [-0.2, -0.15) is 0 Å². The van der Waals surface area contributed by atoms with Crippen LogP contribution in [0.5, 0.6) is 5.75 Å². The molecule has 1 atom stereocenters. The number of rotatable bonds is 14. The average molecular weight is 697 g/mol. The van der Waals surface area contributed by atoms with E-state index in [1.54, 1.807) is 42.5 Å². The first-order valence-corrected chi connectivity index (χ1v) is 17.4. The van der Waals surface area contributed by atoms with Crippen molar-refractivity contribution in [2.24, 2.45) is 5.92 Å². The molecule has 11 heteroatoms. The second-order valence-electron chi connectivity index (χ2n) is 11.6. The molecule has 1 unspecified atom stereocenters. The Bertz CT molecular complexity index is 1770. The van der Waals surface area contributed by atoms with E-state index in [1.165, 1.54) is 36.3 Å². The van der Waals surface area contributed by atoms with Crippen LogP contribution >= 0.6 is 23.2 Å². The van der Waals surface area contributed by atoms with Crippen LogP contribution in [0.3, 0.4) is 0 Å². The topological polar surface area (TPSA) is 96.0 Å². The van der Waals surface area contributed by atoms with Crippen molar-refractivity contribution in [2.75, 3.05) is 24.5 Å². The van der Waals surface area contributed by atoms with Gasteiger partial charge in [0, 0.05) is 24.5 Å². The molecular weight excluding hydrogens is 657 g/mol. The lowest BCUT2D eigenvalue weighted by Crippen LogP contribution is -2.53. The van der Waals surface area contributed by atoms with E-state index in [-0.39, 0.29) is 40.4 Å². The molecule has 0 spiro atoms. The molecule has 0 saturated heterocycles. The van der Waals surface area contributed by atoms with E-state index in [9.17, 15) is 18.0 Å². The highest BCUT2D eigenvalue weighted by Crippen LogP contribution is 2.32. The highest BCUT2D eigenvalue weighted by atomic mass is 35.5. The van der Waals surface area contributed by atoms with Gasteiger partial charge in [0.15, 0.2) is 0 Å². The summed E-state index contributed by atoms with van der Waals surface area (Å²) in [7, 11) is -2.82. The molecule has 0 aliphatic heterocycles. The second kappa shape index (κ2) is 16.2. The molecule has 2 amide bonds. The standard InChI is InChI=1S/C36H39Cl2N3O5S/c1-25(2)22-39-36(43)33(20-27-8-6-5-7-9-27)40(23-28-12-14-29(37)15-13-28)35(42)24-41(30-16-19-34(46-4)32(38)21-30)47(44,45)31-17-10-26(3)11-18-31/h5-19,21,25,33H,20,22-24H2,1-4H3,(H,39,43). The van der Waals surface area contributed by atoms with E-state index in [0.717, 1.165) is 21.0 Å². The number of carbonyl (C=O) groups excluding carboxylic acids is 2. The molecule has 47 heavy (non-hydrogen) atoms. The van der Waals surface area contributed by atoms with Gasteiger partial charge in [0.05, 0.1) is 22.7 Å². The van der Waals surface area contributed by atoms with Gasteiger partial charge < -0.3 is 15.0 Å². The molecule has 0 aliphatic carbocycles. The van der Waals surface area contributed by atoms with E-state index in [1.807, 2.05) is 51.1 Å². The predicted molar refractivity (Wildman–Crippen MR) is 187 cm³/mol. The third-order valence-electron chi connectivity index (χ3n) is 7.53. The van der Waals surface area contributed by atoms with Crippen molar-refractivity contribution in [3.8, 4) is 5.75 Å². The molecule has 0 bridgehead atoms. The highest BCUT2D eigenvalue weighted by molar-refractivity contribution is 7.92. The molecule has 4 aromatic rings. The van der Waals surface area contributed by atoms with Crippen LogP contribution in [0.2, 0.25) is 10.0 Å². The Morgan fingerprint density at radius 3 is 2.13 bits per heavy atom. The van der Waals surface area contributed by atoms with Crippen molar-refractivity contribution >= 4 is 50.7 Å². The van der Waals surface area contributed by atoms with Gasteiger partial charge >= 0.3 is 0 Å². The van der Waals surface area contributed by atoms with Gasteiger partial charge in [0.25, 0.3) is 10.0 Å². The number of nitrogens with zero attached hydrogens (tertiary/aromatic N) is 2. The summed E-state index contributed by atoms with van der Waals surface area (Å²) >= 11 is 12.6. The normalized spacial score (nSPS) is 12.0. The number of hydrogen-bond acceptors (Lipinski definition) is 5. The first-order valence-electron chi connectivity index (χ1n) is 15.2. The summed E-state index contributed by atoms with van der Waals surface area (Å²) < 4.78 is 34.7. The average Bonchev–Trinajstić information content (AvgIpc) is 3.05. The van der Waals surface area contributed by atoms with E-state index >= 15 is 0 Å². The fraction of sp³-hybridized carbons (Fsp3) is 0.278. The summed E-state index contributed by atoms with van der Waals surface area (Å²) in [5, 5.41) is 3.68. The van der Waals surface area contributed by atoms with Crippen molar-refractivity contribution in [2.45, 2.75) is 44.7 Å². The maximum atomic E-state index is 14.6. The van der Waals surface area contributed by atoms with E-state index in [0.29, 0.717) is 17.3 Å². The molecule has 1 N–H and O–H groups in total. The maximum Gasteiger partial charge on any atom is 0.264 e. The van der Waals surface area contributed by atoms with E-state index in [4.69, 9.17) is 27.9 Å². The minimum Gasteiger partial charge on any atom is -0.495 e. The number of ether oxygens (including phenoxy) is 1. The molecule has 248 valence electrons. The lowest BCUT2D eigenvalue weighted by atomic mass is 10.0. The van der Waals surface area contributed by atoms with Gasteiger partial charge in [-0.3, -0.25) is 13.9 Å². The fourth-order valence-corrected chi connectivity index (χ4v) is 6.72. The third-order valence-corrected chi connectivity index (χ3v) is 9.87. The van der Waals surface area contributed by atoms with Crippen LogP contribution in [-0.2, 0) is 32.6 Å². The second-order valence-corrected chi connectivity index (χ2v) is 14.3. The number of halogens is 2. The Hall–Kier alpha value is -4.05. The summed E-state index contributed by atoms with van der Waals surface area (Å²) in [6.45, 7) is 5.66. The molecule has 0 aromatic heterocycles. The Morgan fingerprint density at radius 1 is 0.872 bits per heavy atom. The summed E-state index contributed by atoms with van der Waals surface area (Å²) in [5.74, 6) is -0.399. The smallest absolute Gasteiger partial charge is 0.264 e. The minimum atomic E-state index is -4.27. The van der Waals surface area contributed by atoms with Gasteiger partial charge in [0.2, 0.25) is 11.8 Å². The van der Waals surface area contributed by atoms with Crippen LogP contribution in [0.15, 0.2) is 102 Å². The number of methoxy groups -OCH3 is 1. The lowest BCUT2D eigenvalue weighted by Gasteiger charge is -2.34. The molecule has 8 nitrogen and oxygen atoms in total. The predicted octanol–water partition coefficient (Wildman–Crippen LogP) is 6.92. The number of anilines is 1. The molecule has 0 fully saturated rings. The number of amides is 2. The quantitative estimate of drug-likeness (QED) is 0.155. The summed E-state index contributed by atoms with van der Waals surface area (Å²) in [6, 6.07) is 26.3. The van der Waals surface area contributed by atoms with E-state index in [2.05, 4.69) is 5.32 Å². The zero-order valence-corrected chi connectivity index (χ0v) is 29.1. The molecule has 0 heterocycles. The SMILES string of the molecule is COc1ccc(N(CC(=O)N(Cc2ccc(Cl)cc2)C(Cc2ccccc2)C(=O)NCC(C)C)S(=O)(=O)c2ccc(C)cc2)cc1Cl. The maximum absolute atomic E-state index is 14.6. The van der Waals surface area contributed by atoms with Crippen molar-refractivity contribution in [3.63, 3.8) is 0 Å². The fourth-order valence-electron chi connectivity index (χ4n) is 4.94. The molecule has 4 rings (SSSR count). The Morgan fingerprint density at radius 2 is 1.53 bits per heavy atom. The zero-order chi connectivity index (χ0) is 34.1. The molecule has 0 aliphatic rings. The van der Waals surface area contributed by atoms with Crippen LogP contribution in [-0.4, -0.2) is 51.4 Å². The molecule has 0 radical (unpaired) electrons. The Labute approximate surface area is 287 Å². The van der Waals surface area contributed by atoms with Crippen LogP contribution in [0.1, 0.15) is 30.5 Å². The minimum absolute atomic E-state index is 0.00241. The van der Waals surface area contributed by atoms with Crippen LogP contribution in [0.4, 0.5) is 5.69 Å². The zero-order valence-electron chi connectivity index (χ0n) is 26.8. The Balaban J connectivity index is 1.82. The van der Waals surface area contributed by atoms with Crippen LogP contribution in [0, 0.1) is 12.8 Å². The first kappa shape index (κ1) is 35.8. The van der Waals surface area contributed by atoms with Crippen molar-refractivity contribution in [3.05, 3.63) is 124 Å². The van der Waals surface area contributed by atoms with Gasteiger partial charge in [-0.1, -0.05) is 97.2 Å². The molecule has 0 saturated carbocycles. The van der Waals surface area contributed by atoms with Gasteiger partial charge in [-0.25, -0.2) is 8.42 Å². The monoisotopic (exact) mass is 695 g/mol. The number of carbonyl (C=O) groups is 2. The summed E-state index contributed by atoms with van der Waals surface area (Å²) in [6.07, 6.45) is 0.211. The van der Waals surface area contributed by atoms with Crippen LogP contribution < -0.4 is 14.4 Å². The van der Waals surface area contributed by atoms with Crippen molar-refractivity contribution < 1.29 is 22.7 Å². The number of aryl methyl sites for hydroxylation is 1. The number of hydrogen-bond donors (Lipinski definition) is 1. The molecular formula is C36H39Cl2N3O5S. The lowest BCUT2D eigenvalue weighted by molar-refractivity contribution is -0.140. The number of nitrogens with one attached hydrogen (secondary N) is 1. The summed E-state index contributed by atoms with van der Waals surface area (Å²) in [5.41, 5.74) is 2.61. The largest absolute Gasteiger partial charge is 0.495 e. The number of benzene rings is 4. The van der Waals surface area contributed by atoms with Crippen molar-refractivity contribution in [1.29, 1.82) is 0 Å². The van der Waals surface area contributed by atoms with Gasteiger partial charge in [-0.15, -0.1) is 0 Å². The highest BCUT2D eigenvalue weighted by Gasteiger charge is 2.35. The Kier molecular flexibility index (Phi) is 12.3. The molecule has 4 aromatic carbocycles. The first-order chi connectivity index (χ1) is 22.4. The van der Waals surface area contributed by atoms with E-state index < -0.39 is 28.5 Å².